The number of benzene rings is 1. The number of hydrogen-bond acceptors (Lipinski definition) is 5. The number of nitrogens with two attached hydrogens (primary N) is 1. The zero-order chi connectivity index (χ0) is 16.2. The first-order valence-electron chi connectivity index (χ1n) is 7.09. The van der Waals surface area contributed by atoms with Gasteiger partial charge in [0.15, 0.2) is 11.7 Å². The van der Waals surface area contributed by atoms with E-state index in [9.17, 15) is 4.79 Å². The second kappa shape index (κ2) is 10.6. The summed E-state index contributed by atoms with van der Waals surface area (Å²) in [4.78, 5) is 11.5. The number of nitrogens with one attached hydrogen (secondary N) is 1. The van der Waals surface area contributed by atoms with Gasteiger partial charge in [0.1, 0.15) is 5.75 Å². The van der Waals surface area contributed by atoms with E-state index in [0.717, 1.165) is 24.8 Å². The van der Waals surface area contributed by atoms with Crippen LogP contribution in [0.3, 0.4) is 0 Å². The highest BCUT2D eigenvalue weighted by molar-refractivity contribution is 7.80. The molecule has 6 nitrogen and oxygen atoms in total. The third-order valence-corrected chi connectivity index (χ3v) is 2.71. The highest BCUT2D eigenvalue weighted by Gasteiger charge is 2.04. The molecule has 22 heavy (non-hydrogen) atoms. The first-order valence-corrected chi connectivity index (χ1v) is 7.49. The van der Waals surface area contributed by atoms with E-state index >= 15 is 0 Å². The smallest absolute Gasteiger partial charge is 0.344 e. The minimum atomic E-state index is -0.370. The van der Waals surface area contributed by atoms with Crippen LogP contribution in [0.5, 0.6) is 5.75 Å². The van der Waals surface area contributed by atoms with Crippen LogP contribution in [0.1, 0.15) is 31.7 Å². The van der Waals surface area contributed by atoms with Crippen LogP contribution in [-0.4, -0.2) is 30.5 Å². The number of carbonyl (C=O) groups is 1. The number of esters is 1. The molecule has 1 aromatic rings. The standard InChI is InChI=1S/C15H21N3O3S/c1-2-3-4-8-20-14(19)11-21-13-7-5-6-12(9-13)10-17-18-15(16)22/h5-7,9-10H,2-4,8,11H2,1H3,(H3,16,18,22)/b17-10+. The fourth-order valence-corrected chi connectivity index (χ4v) is 1.63. The van der Waals surface area contributed by atoms with Crippen molar-refractivity contribution in [1.29, 1.82) is 0 Å². The number of nitrogens with zero attached hydrogens (tertiary/aromatic N) is 1. The van der Waals surface area contributed by atoms with E-state index < -0.39 is 0 Å². The second-order valence-electron chi connectivity index (χ2n) is 4.52. The van der Waals surface area contributed by atoms with Gasteiger partial charge >= 0.3 is 5.97 Å². The monoisotopic (exact) mass is 323 g/mol. The van der Waals surface area contributed by atoms with Gasteiger partial charge in [0.05, 0.1) is 12.8 Å². The normalized spacial score (nSPS) is 10.4. The number of carbonyl (C=O) groups excluding carboxylic acids is 1. The van der Waals surface area contributed by atoms with Gasteiger partial charge in [0, 0.05) is 0 Å². The van der Waals surface area contributed by atoms with Gasteiger partial charge in [-0.05, 0) is 36.3 Å². The molecule has 0 aliphatic rings. The van der Waals surface area contributed by atoms with Crippen molar-refractivity contribution < 1.29 is 14.3 Å². The zero-order valence-corrected chi connectivity index (χ0v) is 13.4. The topological polar surface area (TPSA) is 85.9 Å². The van der Waals surface area contributed by atoms with E-state index in [4.69, 9.17) is 15.2 Å². The fraction of sp³-hybridized carbons (Fsp3) is 0.400. The number of ether oxygens (including phenoxy) is 2. The molecule has 0 aliphatic heterocycles. The minimum absolute atomic E-state index is 0.0921. The molecule has 0 saturated heterocycles. The van der Waals surface area contributed by atoms with E-state index in [-0.39, 0.29) is 17.7 Å². The third-order valence-electron chi connectivity index (χ3n) is 2.61. The first kappa shape index (κ1) is 17.9. The van der Waals surface area contributed by atoms with Crippen molar-refractivity contribution in [3.63, 3.8) is 0 Å². The molecule has 0 bridgehead atoms. The van der Waals surface area contributed by atoms with Crippen LogP contribution < -0.4 is 15.9 Å². The molecule has 0 spiro atoms. The first-order chi connectivity index (χ1) is 10.6. The van der Waals surface area contributed by atoms with Crippen LogP contribution in [0.15, 0.2) is 29.4 Å². The molecule has 0 radical (unpaired) electrons. The van der Waals surface area contributed by atoms with E-state index in [1.807, 2.05) is 6.07 Å². The highest BCUT2D eigenvalue weighted by Crippen LogP contribution is 2.12. The Kier molecular flexibility index (Phi) is 8.59. The Balaban J connectivity index is 2.38. The van der Waals surface area contributed by atoms with Crippen LogP contribution >= 0.6 is 12.2 Å². The van der Waals surface area contributed by atoms with Gasteiger partial charge in [-0.1, -0.05) is 31.9 Å². The highest BCUT2D eigenvalue weighted by atomic mass is 32.1. The molecular formula is C15H21N3O3S. The lowest BCUT2D eigenvalue weighted by atomic mass is 10.2. The van der Waals surface area contributed by atoms with Gasteiger partial charge in [-0.25, -0.2) is 4.79 Å². The molecule has 0 unspecified atom stereocenters. The lowest BCUT2D eigenvalue weighted by Gasteiger charge is -2.07. The number of hydrazone groups is 1. The van der Waals surface area contributed by atoms with Crippen molar-refractivity contribution >= 4 is 29.5 Å². The summed E-state index contributed by atoms with van der Waals surface area (Å²) in [6.45, 7) is 2.42. The third kappa shape index (κ3) is 8.21. The minimum Gasteiger partial charge on any atom is -0.482 e. The summed E-state index contributed by atoms with van der Waals surface area (Å²) in [6, 6.07) is 7.13. The van der Waals surface area contributed by atoms with E-state index in [2.05, 4.69) is 29.7 Å². The summed E-state index contributed by atoms with van der Waals surface area (Å²) < 4.78 is 10.4. The molecule has 0 aromatic heterocycles. The number of hydrogen-bond donors (Lipinski definition) is 2. The number of rotatable bonds is 9. The Morgan fingerprint density at radius 3 is 3.00 bits per heavy atom. The summed E-state index contributed by atoms with van der Waals surface area (Å²) in [5, 5.41) is 3.94. The Labute approximate surface area is 135 Å². The van der Waals surface area contributed by atoms with Gasteiger partial charge in [0.2, 0.25) is 0 Å². The van der Waals surface area contributed by atoms with E-state index in [1.54, 1.807) is 24.4 Å². The average Bonchev–Trinajstić information content (AvgIpc) is 2.50. The zero-order valence-electron chi connectivity index (χ0n) is 12.6. The average molecular weight is 323 g/mol. The van der Waals surface area contributed by atoms with Crippen molar-refractivity contribution in [1.82, 2.24) is 5.43 Å². The SMILES string of the molecule is CCCCCOC(=O)COc1cccc(/C=N/NC(N)=S)c1. The maximum Gasteiger partial charge on any atom is 0.344 e. The summed E-state index contributed by atoms with van der Waals surface area (Å²) in [7, 11) is 0. The maximum absolute atomic E-state index is 11.5. The molecule has 1 rings (SSSR count). The summed E-state index contributed by atoms with van der Waals surface area (Å²) >= 11 is 4.64. The van der Waals surface area contributed by atoms with Gasteiger partial charge in [0.25, 0.3) is 0 Å². The quantitative estimate of drug-likeness (QED) is 0.238. The lowest BCUT2D eigenvalue weighted by Crippen LogP contribution is -2.23. The Morgan fingerprint density at radius 2 is 2.27 bits per heavy atom. The van der Waals surface area contributed by atoms with Gasteiger partial charge in [-0.15, -0.1) is 0 Å². The number of unbranched alkanes of at least 4 members (excludes halogenated alkanes) is 2. The predicted molar refractivity (Wildman–Crippen MR) is 89.9 cm³/mol. The predicted octanol–water partition coefficient (Wildman–Crippen LogP) is 1.97. The Bertz CT molecular complexity index is 521. The molecular weight excluding hydrogens is 302 g/mol. The maximum atomic E-state index is 11.5. The van der Waals surface area contributed by atoms with Crippen LogP contribution in [-0.2, 0) is 9.53 Å². The van der Waals surface area contributed by atoms with Crippen LogP contribution in [0.4, 0.5) is 0 Å². The van der Waals surface area contributed by atoms with Crippen LogP contribution in [0.25, 0.3) is 0 Å². The summed E-state index contributed by atoms with van der Waals surface area (Å²) in [5.74, 6) is 0.190. The Hall–Kier alpha value is -2.15. The van der Waals surface area contributed by atoms with Crippen molar-refractivity contribution in [2.45, 2.75) is 26.2 Å². The van der Waals surface area contributed by atoms with Crippen molar-refractivity contribution in [2.24, 2.45) is 10.8 Å². The van der Waals surface area contributed by atoms with E-state index in [0.29, 0.717) is 12.4 Å². The molecule has 3 N–H and O–H groups in total. The van der Waals surface area contributed by atoms with Crippen LogP contribution in [0.2, 0.25) is 0 Å². The molecule has 1 aromatic carbocycles. The summed E-state index contributed by atoms with van der Waals surface area (Å²) in [5.41, 5.74) is 8.51. The van der Waals surface area contributed by atoms with Crippen molar-refractivity contribution in [3.05, 3.63) is 29.8 Å². The largest absolute Gasteiger partial charge is 0.482 e. The fourth-order valence-electron chi connectivity index (χ4n) is 1.58. The molecule has 0 saturated carbocycles. The van der Waals surface area contributed by atoms with Crippen LogP contribution in [0, 0.1) is 0 Å². The van der Waals surface area contributed by atoms with Crippen molar-refractivity contribution in [2.75, 3.05) is 13.2 Å². The molecule has 0 aliphatic carbocycles. The number of thiocarbonyl (C=S) groups is 1. The molecule has 0 heterocycles. The lowest BCUT2D eigenvalue weighted by molar-refractivity contribution is -0.146. The molecule has 0 atom stereocenters. The van der Waals surface area contributed by atoms with Gasteiger partial charge in [-0.2, -0.15) is 5.10 Å². The molecule has 120 valence electrons. The molecule has 0 amide bonds. The van der Waals surface area contributed by atoms with E-state index in [1.165, 1.54) is 0 Å². The van der Waals surface area contributed by atoms with Crippen molar-refractivity contribution in [3.8, 4) is 5.75 Å². The second-order valence-corrected chi connectivity index (χ2v) is 4.96. The molecule has 0 fully saturated rings. The molecule has 7 heteroatoms. The summed E-state index contributed by atoms with van der Waals surface area (Å²) in [6.07, 6.45) is 4.57. The Morgan fingerprint density at radius 1 is 1.45 bits per heavy atom. The van der Waals surface area contributed by atoms with Gasteiger partial charge < -0.3 is 15.2 Å². The van der Waals surface area contributed by atoms with Gasteiger partial charge in [-0.3, -0.25) is 5.43 Å².